The first-order valence-corrected chi connectivity index (χ1v) is 5.83. The summed E-state index contributed by atoms with van der Waals surface area (Å²) < 4.78 is 0. The van der Waals surface area contributed by atoms with Gasteiger partial charge in [-0.15, -0.1) is 0 Å². The average Bonchev–Trinajstić information content (AvgIpc) is 2.26. The molecule has 2 aliphatic carbocycles. The van der Waals surface area contributed by atoms with Crippen molar-refractivity contribution in [3.05, 3.63) is 41.8 Å². The lowest BCUT2D eigenvalue weighted by atomic mass is 9.69. The maximum atomic E-state index is 2.57. The molecular weight excluding hydrogens is 168 g/mol. The molecule has 0 aliphatic heterocycles. The molecule has 3 rings (SSSR count). The second-order valence-electron chi connectivity index (χ2n) is 4.77. The van der Waals surface area contributed by atoms with E-state index in [0.29, 0.717) is 0 Å². The standard InChI is InChI=1S/C14H17/c1-2-6-12-10-14-8-4-3-7-13(14)9-11(12)5-1/h1-2,5-7,13-14H,3-4,8-10H2. The van der Waals surface area contributed by atoms with E-state index in [0.717, 1.165) is 11.8 Å². The molecule has 0 amide bonds. The highest BCUT2D eigenvalue weighted by Gasteiger charge is 2.30. The summed E-state index contributed by atoms with van der Waals surface area (Å²) in [5.74, 6) is 1.84. The molecule has 0 saturated heterocycles. The molecule has 2 atom stereocenters. The van der Waals surface area contributed by atoms with Gasteiger partial charge in [-0.25, -0.2) is 0 Å². The van der Waals surface area contributed by atoms with Crippen molar-refractivity contribution in [1.29, 1.82) is 0 Å². The van der Waals surface area contributed by atoms with E-state index in [1.54, 1.807) is 11.1 Å². The molecule has 0 N–H and O–H groups in total. The van der Waals surface area contributed by atoms with Gasteiger partial charge < -0.3 is 0 Å². The molecule has 2 aliphatic rings. The van der Waals surface area contributed by atoms with Gasteiger partial charge in [-0.05, 0) is 55.1 Å². The van der Waals surface area contributed by atoms with Crippen molar-refractivity contribution in [3.8, 4) is 0 Å². The first kappa shape index (κ1) is 8.52. The van der Waals surface area contributed by atoms with E-state index in [1.165, 1.54) is 32.1 Å². The predicted octanol–water partition coefficient (Wildman–Crippen LogP) is 3.41. The van der Waals surface area contributed by atoms with Crippen LogP contribution < -0.4 is 0 Å². The molecule has 0 heteroatoms. The first-order chi connectivity index (χ1) is 6.93. The van der Waals surface area contributed by atoms with Gasteiger partial charge in [-0.1, -0.05) is 30.7 Å². The summed E-state index contributed by atoms with van der Waals surface area (Å²) in [5.41, 5.74) is 3.22. The van der Waals surface area contributed by atoms with Gasteiger partial charge in [0.25, 0.3) is 0 Å². The largest absolute Gasteiger partial charge is 0.0620 e. The molecule has 0 bridgehead atoms. The van der Waals surface area contributed by atoms with Gasteiger partial charge in [-0.3, -0.25) is 0 Å². The third-order valence-corrected chi connectivity index (χ3v) is 3.91. The molecule has 14 heavy (non-hydrogen) atoms. The van der Waals surface area contributed by atoms with Crippen molar-refractivity contribution in [2.75, 3.05) is 0 Å². The lowest BCUT2D eigenvalue weighted by Crippen LogP contribution is -2.28. The van der Waals surface area contributed by atoms with E-state index in [2.05, 4.69) is 30.7 Å². The Hall–Kier alpha value is -0.780. The Labute approximate surface area is 86.3 Å². The van der Waals surface area contributed by atoms with Crippen LogP contribution in [0.2, 0.25) is 0 Å². The third-order valence-electron chi connectivity index (χ3n) is 3.91. The Morgan fingerprint density at radius 2 is 1.79 bits per heavy atom. The number of fused-ring (bicyclic) bond motifs is 2. The molecule has 0 spiro atoms. The van der Waals surface area contributed by atoms with E-state index < -0.39 is 0 Å². The van der Waals surface area contributed by atoms with Crippen LogP contribution in [0.1, 0.15) is 30.4 Å². The lowest BCUT2D eigenvalue weighted by molar-refractivity contribution is 0.278. The Balaban J connectivity index is 1.91. The van der Waals surface area contributed by atoms with Gasteiger partial charge in [0.05, 0.1) is 0 Å². The van der Waals surface area contributed by atoms with Crippen LogP contribution in [-0.4, -0.2) is 0 Å². The summed E-state index contributed by atoms with van der Waals surface area (Å²) in [5, 5.41) is 0. The summed E-state index contributed by atoms with van der Waals surface area (Å²) in [6.45, 7) is 0. The van der Waals surface area contributed by atoms with Crippen LogP contribution in [-0.2, 0) is 12.8 Å². The van der Waals surface area contributed by atoms with Crippen LogP contribution in [0.15, 0.2) is 24.3 Å². The molecule has 0 nitrogen and oxygen atoms in total. The van der Waals surface area contributed by atoms with Crippen LogP contribution in [0.5, 0.6) is 0 Å². The SMILES string of the molecule is [CH]1CCCC2Cc3ccccc3CC12. The minimum Gasteiger partial charge on any atom is -0.0620 e. The molecule has 1 saturated carbocycles. The molecule has 2 unspecified atom stereocenters. The number of hydrogen-bond acceptors (Lipinski definition) is 0. The zero-order valence-corrected chi connectivity index (χ0v) is 8.58. The van der Waals surface area contributed by atoms with E-state index in [1.807, 2.05) is 0 Å². The van der Waals surface area contributed by atoms with Gasteiger partial charge in [0, 0.05) is 0 Å². The third kappa shape index (κ3) is 1.37. The Bertz CT molecular complexity index is 294. The van der Waals surface area contributed by atoms with Gasteiger partial charge in [0.15, 0.2) is 0 Å². The van der Waals surface area contributed by atoms with Crippen LogP contribution in [0, 0.1) is 18.3 Å². The Morgan fingerprint density at radius 1 is 1.00 bits per heavy atom. The summed E-state index contributed by atoms with van der Waals surface area (Å²) >= 11 is 0. The monoisotopic (exact) mass is 185 g/mol. The van der Waals surface area contributed by atoms with Crippen LogP contribution in [0.4, 0.5) is 0 Å². The fourth-order valence-corrected chi connectivity index (χ4v) is 3.11. The second kappa shape index (κ2) is 3.42. The molecule has 1 fully saturated rings. The zero-order valence-electron chi connectivity index (χ0n) is 8.58. The van der Waals surface area contributed by atoms with Gasteiger partial charge in [0.2, 0.25) is 0 Å². The summed E-state index contributed by atoms with van der Waals surface area (Å²) in [7, 11) is 0. The fourth-order valence-electron chi connectivity index (χ4n) is 3.11. The second-order valence-corrected chi connectivity index (χ2v) is 4.77. The summed E-state index contributed by atoms with van der Waals surface area (Å²) in [6, 6.07) is 9.00. The highest BCUT2D eigenvalue weighted by molar-refractivity contribution is 5.31. The number of benzene rings is 1. The van der Waals surface area contributed by atoms with Gasteiger partial charge in [-0.2, -0.15) is 0 Å². The highest BCUT2D eigenvalue weighted by atomic mass is 14.3. The van der Waals surface area contributed by atoms with E-state index >= 15 is 0 Å². The maximum Gasteiger partial charge on any atom is -0.0242 e. The highest BCUT2D eigenvalue weighted by Crippen LogP contribution is 2.38. The fraction of sp³-hybridized carbons (Fsp3) is 0.500. The predicted molar refractivity (Wildman–Crippen MR) is 59.0 cm³/mol. The molecule has 1 aromatic carbocycles. The minimum atomic E-state index is 0.888. The van der Waals surface area contributed by atoms with Gasteiger partial charge >= 0.3 is 0 Å². The average molecular weight is 185 g/mol. The van der Waals surface area contributed by atoms with Crippen LogP contribution >= 0.6 is 0 Å². The quantitative estimate of drug-likeness (QED) is 0.581. The van der Waals surface area contributed by atoms with E-state index in [9.17, 15) is 0 Å². The minimum absolute atomic E-state index is 0.888. The Morgan fingerprint density at radius 3 is 2.64 bits per heavy atom. The van der Waals surface area contributed by atoms with Crippen molar-refractivity contribution in [1.82, 2.24) is 0 Å². The number of hydrogen-bond donors (Lipinski definition) is 0. The van der Waals surface area contributed by atoms with Crippen molar-refractivity contribution < 1.29 is 0 Å². The first-order valence-electron chi connectivity index (χ1n) is 5.83. The molecule has 0 aromatic heterocycles. The normalized spacial score (nSPS) is 30.6. The maximum absolute atomic E-state index is 2.57. The van der Waals surface area contributed by atoms with Crippen molar-refractivity contribution in [2.24, 2.45) is 11.8 Å². The molecular formula is C14H17. The van der Waals surface area contributed by atoms with Crippen molar-refractivity contribution >= 4 is 0 Å². The van der Waals surface area contributed by atoms with Crippen LogP contribution in [0.3, 0.4) is 0 Å². The Kier molecular flexibility index (Phi) is 2.08. The molecule has 0 heterocycles. The molecule has 73 valence electrons. The number of rotatable bonds is 0. The van der Waals surface area contributed by atoms with Crippen molar-refractivity contribution in [2.45, 2.75) is 32.1 Å². The van der Waals surface area contributed by atoms with Crippen LogP contribution in [0.25, 0.3) is 0 Å². The molecule has 1 radical (unpaired) electrons. The van der Waals surface area contributed by atoms with E-state index in [4.69, 9.17) is 0 Å². The van der Waals surface area contributed by atoms with E-state index in [-0.39, 0.29) is 0 Å². The smallest absolute Gasteiger partial charge is 0.0242 e. The zero-order chi connectivity index (χ0) is 9.38. The summed E-state index contributed by atoms with van der Waals surface area (Å²) in [6.07, 6.45) is 9.43. The summed E-state index contributed by atoms with van der Waals surface area (Å²) in [4.78, 5) is 0. The van der Waals surface area contributed by atoms with Crippen molar-refractivity contribution in [3.63, 3.8) is 0 Å². The lowest BCUT2D eigenvalue weighted by Gasteiger charge is -2.36. The molecule has 1 aromatic rings. The van der Waals surface area contributed by atoms with Gasteiger partial charge in [0.1, 0.15) is 0 Å². The topological polar surface area (TPSA) is 0 Å².